The van der Waals surface area contributed by atoms with E-state index in [1.165, 1.54) is 27.8 Å². The van der Waals surface area contributed by atoms with Gasteiger partial charge in [0.15, 0.2) is 0 Å². The van der Waals surface area contributed by atoms with E-state index in [9.17, 15) is 0 Å². The average molecular weight is 281 g/mol. The molecule has 0 radical (unpaired) electrons. The highest BCUT2D eigenvalue weighted by molar-refractivity contribution is 5.86. The minimum atomic E-state index is 0.246. The molecule has 0 atom stereocenters. The smallest absolute Gasteiger partial charge is 0.0382 e. The van der Waals surface area contributed by atoms with E-state index in [1.54, 1.807) is 0 Å². The lowest BCUT2D eigenvalue weighted by Crippen LogP contribution is -2.10. The Balaban J connectivity index is 2.52. The van der Waals surface area contributed by atoms with Crippen molar-refractivity contribution in [3.05, 3.63) is 58.2 Å². The molecule has 2 N–H and O–H groups in total. The Morgan fingerprint density at radius 1 is 1.05 bits per heavy atom. The maximum atomic E-state index is 6.28. The molecule has 1 aliphatic carbocycles. The van der Waals surface area contributed by atoms with Crippen molar-refractivity contribution in [2.24, 2.45) is 5.41 Å². The van der Waals surface area contributed by atoms with E-state index in [0.717, 1.165) is 23.2 Å². The van der Waals surface area contributed by atoms with E-state index < -0.39 is 0 Å². The molecule has 1 aromatic rings. The average Bonchev–Trinajstić information content (AvgIpc) is 2.43. The number of hydrogen-bond acceptors (Lipinski definition) is 1. The van der Waals surface area contributed by atoms with Crippen LogP contribution >= 0.6 is 0 Å². The maximum Gasteiger partial charge on any atom is 0.0382 e. The van der Waals surface area contributed by atoms with Crippen molar-refractivity contribution < 1.29 is 0 Å². The molecule has 0 fully saturated rings. The first-order valence-corrected chi connectivity index (χ1v) is 7.60. The second-order valence-electron chi connectivity index (χ2n) is 6.95. The quantitative estimate of drug-likeness (QED) is 0.719. The fourth-order valence-corrected chi connectivity index (χ4v) is 3.01. The third-order valence-electron chi connectivity index (χ3n) is 4.90. The van der Waals surface area contributed by atoms with Crippen LogP contribution in [0.15, 0.2) is 30.4 Å². The summed E-state index contributed by atoms with van der Waals surface area (Å²) in [5, 5.41) is 0. The molecule has 0 saturated carbocycles. The maximum absolute atomic E-state index is 6.28. The van der Waals surface area contributed by atoms with Crippen LogP contribution in [0.2, 0.25) is 0 Å². The predicted molar refractivity (Wildman–Crippen MR) is 94.5 cm³/mol. The lowest BCUT2D eigenvalue weighted by molar-refractivity contribution is 0.483. The molecule has 0 saturated heterocycles. The molecule has 1 nitrogen and oxygen atoms in total. The zero-order valence-electron chi connectivity index (χ0n) is 14.2. The molecular weight excluding hydrogens is 254 g/mol. The Morgan fingerprint density at radius 2 is 1.67 bits per heavy atom. The van der Waals surface area contributed by atoms with Crippen molar-refractivity contribution >= 4 is 11.3 Å². The normalized spacial score (nSPS) is 16.8. The summed E-state index contributed by atoms with van der Waals surface area (Å²) in [6.45, 7) is 17.4. The molecule has 21 heavy (non-hydrogen) atoms. The van der Waals surface area contributed by atoms with E-state index in [0.29, 0.717) is 0 Å². The van der Waals surface area contributed by atoms with Crippen molar-refractivity contribution in [2.75, 3.05) is 5.73 Å². The van der Waals surface area contributed by atoms with E-state index >= 15 is 0 Å². The third-order valence-corrected chi connectivity index (χ3v) is 4.90. The summed E-state index contributed by atoms with van der Waals surface area (Å²) < 4.78 is 0. The Morgan fingerprint density at radius 3 is 2.19 bits per heavy atom. The third kappa shape index (κ3) is 2.70. The van der Waals surface area contributed by atoms with Crippen LogP contribution in [0.25, 0.3) is 5.57 Å². The van der Waals surface area contributed by atoms with Crippen molar-refractivity contribution in [3.63, 3.8) is 0 Å². The van der Waals surface area contributed by atoms with Crippen LogP contribution in [-0.2, 0) is 0 Å². The van der Waals surface area contributed by atoms with E-state index in [-0.39, 0.29) is 5.41 Å². The lowest BCUT2D eigenvalue weighted by Gasteiger charge is -2.25. The number of anilines is 1. The van der Waals surface area contributed by atoms with Gasteiger partial charge in [0.1, 0.15) is 0 Å². The van der Waals surface area contributed by atoms with Gasteiger partial charge in [-0.15, -0.1) is 0 Å². The molecule has 0 heterocycles. The second kappa shape index (κ2) is 5.22. The fourth-order valence-electron chi connectivity index (χ4n) is 3.01. The first-order valence-electron chi connectivity index (χ1n) is 7.60. The van der Waals surface area contributed by atoms with Crippen LogP contribution in [0.4, 0.5) is 5.69 Å². The summed E-state index contributed by atoms with van der Waals surface area (Å²) in [5.41, 5.74) is 15.9. The van der Waals surface area contributed by atoms with Gasteiger partial charge in [-0.1, -0.05) is 38.7 Å². The van der Waals surface area contributed by atoms with Gasteiger partial charge in [-0.05, 0) is 78.5 Å². The number of nitrogens with two attached hydrogens (primary N) is 1. The van der Waals surface area contributed by atoms with Crippen molar-refractivity contribution in [2.45, 2.75) is 48.0 Å². The van der Waals surface area contributed by atoms with Crippen LogP contribution in [0.3, 0.4) is 0 Å². The highest BCUT2D eigenvalue weighted by atomic mass is 14.6. The first kappa shape index (κ1) is 15.6. The molecule has 1 aliphatic rings. The molecule has 0 bridgehead atoms. The van der Waals surface area contributed by atoms with Gasteiger partial charge >= 0.3 is 0 Å². The van der Waals surface area contributed by atoms with Crippen molar-refractivity contribution in [1.82, 2.24) is 0 Å². The van der Waals surface area contributed by atoms with Crippen LogP contribution in [0.5, 0.6) is 0 Å². The van der Waals surface area contributed by atoms with E-state index in [4.69, 9.17) is 5.73 Å². The summed E-state index contributed by atoms with van der Waals surface area (Å²) in [6, 6.07) is 0. The SMILES string of the molecule is C=C(C1=CCC(C)(C)C=C1)c1c(C)c(C)c(C)c(N)c1C. The summed E-state index contributed by atoms with van der Waals surface area (Å²) in [6.07, 6.45) is 7.83. The van der Waals surface area contributed by atoms with Gasteiger partial charge in [-0.2, -0.15) is 0 Å². The van der Waals surface area contributed by atoms with Crippen LogP contribution in [0.1, 0.15) is 48.1 Å². The number of rotatable bonds is 2. The highest BCUT2D eigenvalue weighted by Crippen LogP contribution is 2.38. The van der Waals surface area contributed by atoms with Crippen molar-refractivity contribution in [1.29, 1.82) is 0 Å². The van der Waals surface area contributed by atoms with Crippen LogP contribution < -0.4 is 5.73 Å². The summed E-state index contributed by atoms with van der Waals surface area (Å²) in [5.74, 6) is 0. The Bertz CT molecular complexity index is 641. The Labute approximate surface area is 129 Å². The number of hydrogen-bond donors (Lipinski definition) is 1. The Kier molecular flexibility index (Phi) is 3.88. The molecule has 0 amide bonds. The van der Waals surface area contributed by atoms with Gasteiger partial charge in [0, 0.05) is 5.69 Å². The molecule has 0 unspecified atom stereocenters. The molecule has 0 spiro atoms. The van der Waals surface area contributed by atoms with Gasteiger partial charge in [-0.25, -0.2) is 0 Å². The number of allylic oxidation sites excluding steroid dienone is 5. The summed E-state index contributed by atoms with van der Waals surface area (Å²) >= 11 is 0. The Hall–Kier alpha value is -1.76. The van der Waals surface area contributed by atoms with Gasteiger partial charge in [0.05, 0.1) is 0 Å². The topological polar surface area (TPSA) is 26.0 Å². The molecule has 1 heteroatoms. The zero-order chi connectivity index (χ0) is 15.9. The predicted octanol–water partition coefficient (Wildman–Crippen LogP) is 5.43. The monoisotopic (exact) mass is 281 g/mol. The lowest BCUT2D eigenvalue weighted by atomic mass is 9.80. The fraction of sp³-hybridized carbons (Fsp3) is 0.400. The summed E-state index contributed by atoms with van der Waals surface area (Å²) in [7, 11) is 0. The second-order valence-corrected chi connectivity index (χ2v) is 6.95. The highest BCUT2D eigenvalue weighted by Gasteiger charge is 2.20. The molecule has 2 rings (SSSR count). The summed E-state index contributed by atoms with van der Waals surface area (Å²) in [4.78, 5) is 0. The molecule has 0 aromatic heterocycles. The minimum absolute atomic E-state index is 0.246. The zero-order valence-corrected chi connectivity index (χ0v) is 14.2. The molecule has 0 aliphatic heterocycles. The van der Waals surface area contributed by atoms with Gasteiger partial charge < -0.3 is 5.73 Å². The van der Waals surface area contributed by atoms with Crippen LogP contribution in [-0.4, -0.2) is 0 Å². The first-order chi connectivity index (χ1) is 9.65. The van der Waals surface area contributed by atoms with Gasteiger partial charge in [0.25, 0.3) is 0 Å². The van der Waals surface area contributed by atoms with Crippen molar-refractivity contribution in [3.8, 4) is 0 Å². The number of nitrogen functional groups attached to an aromatic ring is 1. The van der Waals surface area contributed by atoms with Gasteiger partial charge in [0.2, 0.25) is 0 Å². The molecule has 1 aromatic carbocycles. The molecular formula is C20H27N. The molecule has 112 valence electrons. The number of benzene rings is 1. The van der Waals surface area contributed by atoms with Crippen LogP contribution in [0, 0.1) is 33.1 Å². The van der Waals surface area contributed by atoms with E-state index in [2.05, 4.69) is 66.3 Å². The standard InChI is InChI=1S/C20H27N/c1-12-13(2)18(16(5)19(21)14(12)3)15(4)17-8-10-20(6,7)11-9-17/h8-10H,4,11,21H2,1-3,5-7H3. The van der Waals surface area contributed by atoms with E-state index in [1.807, 2.05) is 0 Å². The minimum Gasteiger partial charge on any atom is -0.398 e. The van der Waals surface area contributed by atoms with Gasteiger partial charge in [-0.3, -0.25) is 0 Å². The largest absolute Gasteiger partial charge is 0.398 e.